The van der Waals surface area contributed by atoms with E-state index in [1.807, 2.05) is 24.0 Å². The van der Waals surface area contributed by atoms with E-state index in [1.54, 1.807) is 18.6 Å². The number of likely N-dealkylation sites (tertiary alicyclic amines) is 1. The molecule has 2 aromatic heterocycles. The number of aliphatic hydroxyl groups excluding tert-OH is 1. The molecule has 1 atom stereocenters. The minimum atomic E-state index is -0.325. The van der Waals surface area contributed by atoms with Crippen LogP contribution in [-0.4, -0.2) is 50.1 Å². The summed E-state index contributed by atoms with van der Waals surface area (Å²) in [7, 11) is 0. The summed E-state index contributed by atoms with van der Waals surface area (Å²) in [5.74, 6) is 0.214. The van der Waals surface area contributed by atoms with Crippen molar-refractivity contribution >= 4 is 17.5 Å². The second-order valence-electron chi connectivity index (χ2n) is 8.04. The minimum absolute atomic E-state index is 0.0511. The summed E-state index contributed by atoms with van der Waals surface area (Å²) in [5, 5.41) is 12.8. The third-order valence-corrected chi connectivity index (χ3v) is 5.67. The van der Waals surface area contributed by atoms with Crippen LogP contribution in [0.25, 0.3) is 11.1 Å². The Labute approximate surface area is 182 Å². The molecule has 3 aromatic rings. The fraction of sp³-hybridized carbons (Fsp3) is 0.333. The van der Waals surface area contributed by atoms with Gasteiger partial charge >= 0.3 is 0 Å². The molecule has 1 unspecified atom stereocenters. The monoisotopic (exact) mass is 417 g/mol. The van der Waals surface area contributed by atoms with Crippen LogP contribution in [0.3, 0.4) is 0 Å². The van der Waals surface area contributed by atoms with Gasteiger partial charge < -0.3 is 15.3 Å². The number of hydrogen-bond acceptors (Lipinski definition) is 6. The molecule has 4 rings (SSSR count). The fourth-order valence-corrected chi connectivity index (χ4v) is 3.64. The molecule has 1 saturated heterocycles. The molecule has 0 saturated carbocycles. The number of pyridine rings is 1. The van der Waals surface area contributed by atoms with Crippen LogP contribution in [0.15, 0.2) is 55.0 Å². The van der Waals surface area contributed by atoms with Gasteiger partial charge in [0.15, 0.2) is 0 Å². The van der Waals surface area contributed by atoms with E-state index in [0.29, 0.717) is 31.9 Å². The minimum Gasteiger partial charge on any atom is -0.393 e. The predicted octanol–water partition coefficient (Wildman–Crippen LogP) is 3.68. The molecule has 1 aliphatic heterocycles. The van der Waals surface area contributed by atoms with Gasteiger partial charge in [0.2, 0.25) is 11.9 Å². The Hall–Kier alpha value is -3.32. The van der Waals surface area contributed by atoms with Crippen molar-refractivity contribution in [2.45, 2.75) is 38.7 Å². The van der Waals surface area contributed by atoms with Crippen LogP contribution in [-0.2, 0) is 4.79 Å². The van der Waals surface area contributed by atoms with E-state index in [2.05, 4.69) is 51.5 Å². The van der Waals surface area contributed by atoms with Gasteiger partial charge in [-0.05, 0) is 44.4 Å². The van der Waals surface area contributed by atoms with Crippen LogP contribution >= 0.6 is 0 Å². The van der Waals surface area contributed by atoms with Gasteiger partial charge in [-0.2, -0.15) is 0 Å². The zero-order valence-corrected chi connectivity index (χ0v) is 17.8. The molecule has 1 amide bonds. The van der Waals surface area contributed by atoms with Gasteiger partial charge in [-0.3, -0.25) is 9.78 Å². The van der Waals surface area contributed by atoms with Gasteiger partial charge in [0, 0.05) is 31.0 Å². The third-order valence-electron chi connectivity index (χ3n) is 5.67. The lowest BCUT2D eigenvalue weighted by molar-refractivity contribution is -0.134. The van der Waals surface area contributed by atoms with Crippen LogP contribution in [0, 0.1) is 6.92 Å². The Kier molecular flexibility index (Phi) is 6.23. The highest BCUT2D eigenvalue weighted by Crippen LogP contribution is 2.22. The van der Waals surface area contributed by atoms with E-state index in [0.717, 1.165) is 22.5 Å². The summed E-state index contributed by atoms with van der Waals surface area (Å²) in [6.07, 6.45) is 6.25. The number of carbonyl (C=O) groups is 1. The predicted molar refractivity (Wildman–Crippen MR) is 120 cm³/mol. The summed E-state index contributed by atoms with van der Waals surface area (Å²) in [6, 6.07) is 12.0. The van der Waals surface area contributed by atoms with Crippen LogP contribution in [0.4, 0.5) is 11.6 Å². The van der Waals surface area contributed by atoms with Crippen molar-refractivity contribution in [2.75, 3.05) is 18.4 Å². The number of amides is 1. The lowest BCUT2D eigenvalue weighted by Gasteiger charge is -2.31. The van der Waals surface area contributed by atoms with Crippen LogP contribution < -0.4 is 5.32 Å². The van der Waals surface area contributed by atoms with Crippen LogP contribution in [0.2, 0.25) is 0 Å². The maximum atomic E-state index is 12.7. The normalized spacial score (nSPS) is 15.5. The van der Waals surface area contributed by atoms with Crippen molar-refractivity contribution in [3.05, 3.63) is 66.2 Å². The van der Waals surface area contributed by atoms with Crippen molar-refractivity contribution in [2.24, 2.45) is 0 Å². The number of rotatable bonds is 5. The molecule has 1 aliphatic rings. The Morgan fingerprint density at radius 3 is 2.29 bits per heavy atom. The molecule has 0 bridgehead atoms. The fourth-order valence-electron chi connectivity index (χ4n) is 3.64. The van der Waals surface area contributed by atoms with Gasteiger partial charge in [-0.15, -0.1) is 0 Å². The first-order valence-electron chi connectivity index (χ1n) is 10.6. The van der Waals surface area contributed by atoms with Gasteiger partial charge in [0.25, 0.3) is 0 Å². The molecule has 0 spiro atoms. The maximum Gasteiger partial charge on any atom is 0.231 e. The summed E-state index contributed by atoms with van der Waals surface area (Å²) in [4.78, 5) is 27.8. The maximum absolute atomic E-state index is 12.7. The molecule has 0 radical (unpaired) electrons. The highest BCUT2D eigenvalue weighted by atomic mass is 16.3. The van der Waals surface area contributed by atoms with E-state index >= 15 is 0 Å². The Morgan fingerprint density at radius 2 is 1.68 bits per heavy atom. The third kappa shape index (κ3) is 5.06. The number of benzene rings is 1. The van der Waals surface area contributed by atoms with Gasteiger partial charge in [0.1, 0.15) is 0 Å². The summed E-state index contributed by atoms with van der Waals surface area (Å²) < 4.78 is 0. The number of piperidine rings is 1. The second kappa shape index (κ2) is 9.22. The number of carbonyl (C=O) groups excluding carboxylic acids is 1. The smallest absolute Gasteiger partial charge is 0.231 e. The summed E-state index contributed by atoms with van der Waals surface area (Å²) >= 11 is 0. The van der Waals surface area contributed by atoms with Gasteiger partial charge in [-0.25, -0.2) is 9.97 Å². The molecule has 3 heterocycles. The first-order valence-corrected chi connectivity index (χ1v) is 10.6. The van der Waals surface area contributed by atoms with Gasteiger partial charge in [0.05, 0.1) is 29.6 Å². The molecule has 160 valence electrons. The van der Waals surface area contributed by atoms with Crippen molar-refractivity contribution in [1.29, 1.82) is 0 Å². The zero-order valence-electron chi connectivity index (χ0n) is 17.8. The molecule has 7 nitrogen and oxygen atoms in total. The number of anilines is 2. The SMILES string of the molecule is Cc1ccc(-c2cnc(Nc3ccc(C(C)C(=O)N4CCC(O)CC4)nc3)nc2)cc1. The largest absolute Gasteiger partial charge is 0.393 e. The number of aliphatic hydroxyl groups is 1. The molecule has 31 heavy (non-hydrogen) atoms. The number of aryl methyl sites for hydroxylation is 1. The average Bonchev–Trinajstić information content (AvgIpc) is 2.80. The number of hydrogen-bond donors (Lipinski definition) is 2. The standard InChI is InChI=1S/C24H27N5O2/c1-16-3-5-18(6-4-16)19-13-26-24(27-14-19)28-20-7-8-22(25-15-20)17(2)23(31)29-11-9-21(30)10-12-29/h3-8,13-15,17,21,30H,9-12H2,1-2H3,(H,26,27,28). The first kappa shape index (κ1) is 20.9. The lowest BCUT2D eigenvalue weighted by Crippen LogP contribution is -2.42. The molecule has 1 aromatic carbocycles. The van der Waals surface area contributed by atoms with Crippen LogP contribution in [0.5, 0.6) is 0 Å². The molecule has 0 aliphatic carbocycles. The average molecular weight is 418 g/mol. The van der Waals surface area contributed by atoms with Crippen molar-refractivity contribution in [3.63, 3.8) is 0 Å². The van der Waals surface area contributed by atoms with Gasteiger partial charge in [-0.1, -0.05) is 29.8 Å². The van der Waals surface area contributed by atoms with E-state index in [1.165, 1.54) is 5.56 Å². The van der Waals surface area contributed by atoms with E-state index in [9.17, 15) is 9.90 Å². The number of aromatic nitrogens is 3. The zero-order chi connectivity index (χ0) is 21.8. The second-order valence-corrected chi connectivity index (χ2v) is 8.04. The quantitative estimate of drug-likeness (QED) is 0.658. The first-order chi connectivity index (χ1) is 15.0. The van der Waals surface area contributed by atoms with E-state index in [4.69, 9.17) is 0 Å². The van der Waals surface area contributed by atoms with Crippen LogP contribution in [0.1, 0.15) is 36.9 Å². The molecule has 2 N–H and O–H groups in total. The summed E-state index contributed by atoms with van der Waals surface area (Å²) in [5.41, 5.74) is 4.72. The van der Waals surface area contributed by atoms with E-state index < -0.39 is 0 Å². The highest BCUT2D eigenvalue weighted by Gasteiger charge is 2.26. The van der Waals surface area contributed by atoms with E-state index in [-0.39, 0.29) is 17.9 Å². The molecule has 1 fully saturated rings. The molecular weight excluding hydrogens is 390 g/mol. The topological polar surface area (TPSA) is 91.2 Å². The molecule has 7 heteroatoms. The van der Waals surface area contributed by atoms with Crippen molar-refractivity contribution in [1.82, 2.24) is 19.9 Å². The Bertz CT molecular complexity index is 1010. The summed E-state index contributed by atoms with van der Waals surface area (Å²) in [6.45, 7) is 5.12. The lowest BCUT2D eigenvalue weighted by atomic mass is 10.0. The van der Waals surface area contributed by atoms with Crippen molar-refractivity contribution in [3.8, 4) is 11.1 Å². The highest BCUT2D eigenvalue weighted by molar-refractivity contribution is 5.83. The number of nitrogens with zero attached hydrogens (tertiary/aromatic N) is 4. The molecular formula is C24H27N5O2. The number of nitrogens with one attached hydrogen (secondary N) is 1. The Balaban J connectivity index is 1.38. The van der Waals surface area contributed by atoms with Crippen molar-refractivity contribution < 1.29 is 9.90 Å². The Morgan fingerprint density at radius 1 is 1.00 bits per heavy atom.